The first-order valence-corrected chi connectivity index (χ1v) is 10.1. The van der Waals surface area contributed by atoms with Crippen molar-refractivity contribution in [3.05, 3.63) is 36.2 Å². The summed E-state index contributed by atoms with van der Waals surface area (Å²) >= 11 is 1.20. The molecule has 0 radical (unpaired) electrons. The molecule has 1 aliphatic rings. The highest BCUT2D eigenvalue weighted by atomic mass is 32.2. The Labute approximate surface area is 170 Å². The molecule has 1 amide bonds. The summed E-state index contributed by atoms with van der Waals surface area (Å²) in [5.74, 6) is 0.522. The lowest BCUT2D eigenvalue weighted by atomic mass is 10.1. The summed E-state index contributed by atoms with van der Waals surface area (Å²) < 4.78 is 43.8. The van der Waals surface area contributed by atoms with Crippen LogP contribution in [0, 0.1) is 0 Å². The van der Waals surface area contributed by atoms with Crippen molar-refractivity contribution in [1.29, 1.82) is 0 Å². The van der Waals surface area contributed by atoms with Crippen LogP contribution in [0.2, 0.25) is 0 Å². The second kappa shape index (κ2) is 9.34. The molecule has 0 unspecified atom stereocenters. The van der Waals surface area contributed by atoms with Crippen molar-refractivity contribution >= 4 is 29.2 Å². The number of alkyl halides is 3. The average molecular weight is 426 g/mol. The van der Waals surface area contributed by atoms with Crippen LogP contribution < -0.4 is 15.0 Å². The molecule has 10 heteroatoms. The van der Waals surface area contributed by atoms with Crippen molar-refractivity contribution < 1.29 is 22.7 Å². The van der Waals surface area contributed by atoms with Gasteiger partial charge in [0.15, 0.2) is 0 Å². The summed E-state index contributed by atoms with van der Waals surface area (Å²) in [5.41, 5.74) is -0.882. The molecule has 1 aromatic heterocycles. The smallest absolute Gasteiger partial charge is 0.416 e. The molecular weight excluding hydrogens is 405 g/mol. The van der Waals surface area contributed by atoms with Crippen LogP contribution in [0.25, 0.3) is 0 Å². The molecule has 1 aromatic carbocycles. The highest BCUT2D eigenvalue weighted by Gasteiger charge is 2.31. The van der Waals surface area contributed by atoms with E-state index in [4.69, 9.17) is 4.74 Å². The number of halogens is 3. The molecule has 0 atom stereocenters. The van der Waals surface area contributed by atoms with Crippen LogP contribution in [0.15, 0.2) is 35.6 Å². The van der Waals surface area contributed by atoms with E-state index in [2.05, 4.69) is 20.2 Å². The SMILES string of the molecule is COc1ccc(C(F)(F)F)cc1NC(=O)CSc1cc(N2CCCCC2)ncn1. The monoisotopic (exact) mass is 426 g/mol. The number of methoxy groups -OCH3 is 1. The number of carbonyl (C=O) groups is 1. The zero-order chi connectivity index (χ0) is 20.9. The Morgan fingerprint density at radius 1 is 1.21 bits per heavy atom. The van der Waals surface area contributed by atoms with Gasteiger partial charge in [-0.3, -0.25) is 4.79 Å². The first-order valence-electron chi connectivity index (χ1n) is 9.11. The van der Waals surface area contributed by atoms with E-state index >= 15 is 0 Å². The van der Waals surface area contributed by atoms with Gasteiger partial charge in [0.05, 0.1) is 24.1 Å². The second-order valence-electron chi connectivity index (χ2n) is 6.51. The maximum absolute atomic E-state index is 12.9. The molecule has 0 aliphatic carbocycles. The Bertz CT molecular complexity index is 858. The normalized spacial score (nSPS) is 14.6. The number of thioether (sulfide) groups is 1. The molecule has 2 aromatic rings. The molecule has 0 bridgehead atoms. The van der Waals surface area contributed by atoms with Crippen LogP contribution in [0.1, 0.15) is 24.8 Å². The van der Waals surface area contributed by atoms with Crippen LogP contribution in [0.5, 0.6) is 5.75 Å². The summed E-state index contributed by atoms with van der Waals surface area (Å²) in [6.07, 6.45) is 0.399. The Morgan fingerprint density at radius 3 is 2.66 bits per heavy atom. The highest BCUT2D eigenvalue weighted by Crippen LogP contribution is 2.35. The maximum Gasteiger partial charge on any atom is 0.416 e. The largest absolute Gasteiger partial charge is 0.495 e. The van der Waals surface area contributed by atoms with Crippen molar-refractivity contribution in [3.63, 3.8) is 0 Å². The second-order valence-corrected chi connectivity index (χ2v) is 7.51. The first kappa shape index (κ1) is 21.2. The van der Waals surface area contributed by atoms with Gasteiger partial charge < -0.3 is 15.0 Å². The van der Waals surface area contributed by atoms with E-state index in [0.29, 0.717) is 5.03 Å². The van der Waals surface area contributed by atoms with Crippen LogP contribution in [0.4, 0.5) is 24.7 Å². The molecule has 6 nitrogen and oxygen atoms in total. The Morgan fingerprint density at radius 2 is 1.97 bits per heavy atom. The number of hydrogen-bond acceptors (Lipinski definition) is 6. The highest BCUT2D eigenvalue weighted by molar-refractivity contribution is 7.99. The fourth-order valence-corrected chi connectivity index (χ4v) is 3.67. The third-order valence-corrected chi connectivity index (χ3v) is 5.39. The number of aromatic nitrogens is 2. The Balaban J connectivity index is 1.63. The number of benzene rings is 1. The molecule has 29 heavy (non-hydrogen) atoms. The summed E-state index contributed by atoms with van der Waals surface area (Å²) in [6, 6.07) is 4.78. The minimum absolute atomic E-state index is 0.00411. The van der Waals surface area contributed by atoms with Crippen LogP contribution >= 0.6 is 11.8 Å². The van der Waals surface area contributed by atoms with Gasteiger partial charge in [-0.15, -0.1) is 0 Å². The van der Waals surface area contributed by atoms with Gasteiger partial charge in [0, 0.05) is 19.2 Å². The topological polar surface area (TPSA) is 67.3 Å². The van der Waals surface area contributed by atoms with Gasteiger partial charge >= 0.3 is 6.18 Å². The molecule has 1 saturated heterocycles. The predicted octanol–water partition coefficient (Wildman–Crippen LogP) is 4.23. The van der Waals surface area contributed by atoms with Gasteiger partial charge in [-0.05, 0) is 37.5 Å². The van der Waals surface area contributed by atoms with Crippen LogP contribution in [0.3, 0.4) is 0 Å². The molecule has 0 saturated carbocycles. The number of nitrogens with one attached hydrogen (secondary N) is 1. The zero-order valence-electron chi connectivity index (χ0n) is 15.8. The molecule has 1 aliphatic heterocycles. The van der Waals surface area contributed by atoms with Crippen molar-refractivity contribution in [2.24, 2.45) is 0 Å². The fraction of sp³-hybridized carbons (Fsp3) is 0.421. The van der Waals surface area contributed by atoms with Gasteiger partial charge in [-0.2, -0.15) is 13.2 Å². The fourth-order valence-electron chi connectivity index (χ4n) is 3.01. The average Bonchev–Trinajstić information content (AvgIpc) is 2.72. The molecule has 1 fully saturated rings. The number of nitrogens with zero attached hydrogens (tertiary/aromatic N) is 3. The van der Waals surface area contributed by atoms with E-state index in [9.17, 15) is 18.0 Å². The minimum atomic E-state index is -4.51. The molecule has 1 N–H and O–H groups in total. The Kier molecular flexibility index (Phi) is 6.83. The number of amides is 1. The molecule has 156 valence electrons. The maximum atomic E-state index is 12.9. The molecule has 2 heterocycles. The van der Waals surface area contributed by atoms with E-state index in [1.165, 1.54) is 37.7 Å². The van der Waals surface area contributed by atoms with Crippen molar-refractivity contribution in [3.8, 4) is 5.75 Å². The summed E-state index contributed by atoms with van der Waals surface area (Å²) in [5, 5.41) is 3.11. The number of ether oxygens (including phenoxy) is 1. The number of anilines is 2. The number of rotatable bonds is 6. The third-order valence-electron chi connectivity index (χ3n) is 4.46. The number of carbonyl (C=O) groups excluding carboxylic acids is 1. The summed E-state index contributed by atoms with van der Waals surface area (Å²) in [6.45, 7) is 1.88. The van der Waals surface area contributed by atoms with Gasteiger partial charge in [0.1, 0.15) is 22.9 Å². The third kappa shape index (κ3) is 5.75. The van der Waals surface area contributed by atoms with E-state index < -0.39 is 17.6 Å². The van der Waals surface area contributed by atoms with Crippen molar-refractivity contribution in [2.45, 2.75) is 30.5 Å². The Hall–Kier alpha value is -2.49. The first-order chi connectivity index (χ1) is 13.9. The van der Waals surface area contributed by atoms with E-state index in [1.54, 1.807) is 0 Å². The lowest BCUT2D eigenvalue weighted by Crippen LogP contribution is -2.30. The van der Waals surface area contributed by atoms with E-state index in [1.807, 2.05) is 6.07 Å². The van der Waals surface area contributed by atoms with Gasteiger partial charge in [0.2, 0.25) is 5.91 Å². The summed E-state index contributed by atoms with van der Waals surface area (Å²) in [7, 11) is 1.33. The molecule has 0 spiro atoms. The van der Waals surface area contributed by atoms with Crippen molar-refractivity contribution in [2.75, 3.05) is 36.2 Å². The van der Waals surface area contributed by atoms with Gasteiger partial charge in [-0.25, -0.2) is 9.97 Å². The lowest BCUT2D eigenvalue weighted by Gasteiger charge is -2.27. The zero-order valence-corrected chi connectivity index (χ0v) is 16.6. The van der Waals surface area contributed by atoms with Crippen LogP contribution in [-0.4, -0.2) is 41.8 Å². The van der Waals surface area contributed by atoms with Gasteiger partial charge in [0.25, 0.3) is 0 Å². The predicted molar refractivity (Wildman–Crippen MR) is 105 cm³/mol. The molecular formula is C19H21F3N4O2S. The standard InChI is InChI=1S/C19H21F3N4O2S/c1-28-15-6-5-13(19(20,21)22)9-14(15)25-17(27)11-29-18-10-16(23-12-24-18)26-7-3-2-4-8-26/h5-6,9-10,12H,2-4,7-8,11H2,1H3,(H,25,27). The van der Waals surface area contributed by atoms with Crippen LogP contribution in [-0.2, 0) is 11.0 Å². The minimum Gasteiger partial charge on any atom is -0.495 e. The van der Waals surface area contributed by atoms with E-state index in [-0.39, 0.29) is 17.2 Å². The lowest BCUT2D eigenvalue weighted by molar-refractivity contribution is -0.137. The number of piperidine rings is 1. The molecule has 3 rings (SSSR count). The number of hydrogen-bond donors (Lipinski definition) is 1. The van der Waals surface area contributed by atoms with Gasteiger partial charge in [-0.1, -0.05) is 11.8 Å². The summed E-state index contributed by atoms with van der Waals surface area (Å²) in [4.78, 5) is 22.9. The van der Waals surface area contributed by atoms with Crippen molar-refractivity contribution in [1.82, 2.24) is 9.97 Å². The quantitative estimate of drug-likeness (QED) is 0.551. The van der Waals surface area contributed by atoms with E-state index in [0.717, 1.165) is 43.9 Å².